The first kappa shape index (κ1) is 29.2. The number of hydrogen-bond acceptors (Lipinski definition) is 6. The molecule has 3 rings (SSSR count). The first-order valence-electron chi connectivity index (χ1n) is 13.0. The molecule has 0 aliphatic carbocycles. The van der Waals surface area contributed by atoms with Gasteiger partial charge in [0.25, 0.3) is 0 Å². The van der Waals surface area contributed by atoms with Crippen LogP contribution < -0.4 is 5.32 Å². The maximum Gasteiger partial charge on any atom is 0.408 e. The molecule has 206 valence electrons. The number of nitrogens with one attached hydrogen (secondary N) is 1. The highest BCUT2D eigenvalue weighted by atomic mass is 16.6. The van der Waals surface area contributed by atoms with Gasteiger partial charge in [-0.15, -0.1) is 0 Å². The summed E-state index contributed by atoms with van der Waals surface area (Å²) < 4.78 is 16.5. The minimum absolute atomic E-state index is 0.107. The number of esters is 1. The first-order chi connectivity index (χ1) is 17.9. The molecule has 0 radical (unpaired) electrons. The predicted octanol–water partition coefficient (Wildman–Crippen LogP) is 4.91. The van der Waals surface area contributed by atoms with Crippen LogP contribution in [0.1, 0.15) is 53.0 Å². The minimum atomic E-state index is -0.919. The average molecular weight is 525 g/mol. The van der Waals surface area contributed by atoms with Crippen molar-refractivity contribution in [3.63, 3.8) is 0 Å². The van der Waals surface area contributed by atoms with Crippen molar-refractivity contribution in [1.82, 2.24) is 10.2 Å². The summed E-state index contributed by atoms with van der Waals surface area (Å²) in [5.74, 6) is -0.797. The van der Waals surface area contributed by atoms with Gasteiger partial charge in [0.15, 0.2) is 0 Å². The molecular formula is C30H40N2O6. The maximum atomic E-state index is 13.9. The Labute approximate surface area is 225 Å². The fourth-order valence-corrected chi connectivity index (χ4v) is 4.87. The standard InChI is InChI=1S/C30H40N2O6/c1-20(2)17-24(31-28(35)38-29(3,4)5)26(33)32-19-30(37-7,18-25(32)27(34)36-6)23-15-13-22(14-16-23)21-11-9-8-10-12-21/h8-16,20,24-25H,17-19H2,1-7H3,(H,31,35)/t24-,25?,30-/m0/s1. The maximum absolute atomic E-state index is 13.9. The lowest BCUT2D eigenvalue weighted by atomic mass is 9.89. The molecule has 1 saturated heterocycles. The van der Waals surface area contributed by atoms with E-state index >= 15 is 0 Å². The molecule has 1 heterocycles. The number of benzene rings is 2. The van der Waals surface area contributed by atoms with E-state index < -0.39 is 35.3 Å². The van der Waals surface area contributed by atoms with Gasteiger partial charge in [0.2, 0.25) is 5.91 Å². The largest absolute Gasteiger partial charge is 0.467 e. The third kappa shape index (κ3) is 6.92. The number of likely N-dealkylation sites (tertiary alicyclic amines) is 1. The zero-order valence-corrected chi connectivity index (χ0v) is 23.4. The number of rotatable bonds is 8. The summed E-state index contributed by atoms with van der Waals surface area (Å²) in [5.41, 5.74) is 1.36. The van der Waals surface area contributed by atoms with Crippen molar-refractivity contribution in [3.05, 3.63) is 60.2 Å². The van der Waals surface area contributed by atoms with Gasteiger partial charge in [-0.1, -0.05) is 68.4 Å². The van der Waals surface area contributed by atoms with Crippen molar-refractivity contribution >= 4 is 18.0 Å². The second-order valence-electron chi connectivity index (χ2n) is 11.2. The van der Waals surface area contributed by atoms with Crippen LogP contribution in [0.15, 0.2) is 54.6 Å². The van der Waals surface area contributed by atoms with Gasteiger partial charge in [-0.2, -0.15) is 0 Å². The van der Waals surface area contributed by atoms with E-state index in [0.717, 1.165) is 16.7 Å². The molecule has 3 atom stereocenters. The van der Waals surface area contributed by atoms with Gasteiger partial charge in [0, 0.05) is 13.5 Å². The molecule has 0 spiro atoms. The molecule has 2 amide bonds. The Hall–Kier alpha value is -3.39. The van der Waals surface area contributed by atoms with E-state index in [1.165, 1.54) is 12.0 Å². The molecule has 0 aromatic heterocycles. The normalized spacial score (nSPS) is 20.2. The van der Waals surface area contributed by atoms with Crippen LogP contribution in [0.5, 0.6) is 0 Å². The second-order valence-corrected chi connectivity index (χ2v) is 11.2. The Bertz CT molecular complexity index is 1110. The fourth-order valence-electron chi connectivity index (χ4n) is 4.87. The van der Waals surface area contributed by atoms with Crippen LogP contribution in [0.4, 0.5) is 4.79 Å². The van der Waals surface area contributed by atoms with Crippen LogP contribution in [0.2, 0.25) is 0 Å². The third-order valence-electron chi connectivity index (χ3n) is 6.69. The van der Waals surface area contributed by atoms with Gasteiger partial charge in [-0.05, 0) is 49.8 Å². The molecule has 1 aliphatic rings. The van der Waals surface area contributed by atoms with Crippen molar-refractivity contribution in [2.75, 3.05) is 20.8 Å². The number of ether oxygens (including phenoxy) is 3. The van der Waals surface area contributed by atoms with Crippen LogP contribution in [0.25, 0.3) is 11.1 Å². The summed E-state index contributed by atoms with van der Waals surface area (Å²) >= 11 is 0. The van der Waals surface area contributed by atoms with Gasteiger partial charge in [0.1, 0.15) is 23.3 Å². The minimum Gasteiger partial charge on any atom is -0.467 e. The van der Waals surface area contributed by atoms with E-state index in [4.69, 9.17) is 14.2 Å². The number of carbonyl (C=O) groups is 3. The quantitative estimate of drug-likeness (QED) is 0.493. The van der Waals surface area contributed by atoms with Crippen molar-refractivity contribution in [2.45, 2.75) is 70.7 Å². The predicted molar refractivity (Wildman–Crippen MR) is 145 cm³/mol. The highest BCUT2D eigenvalue weighted by Gasteiger charge is 2.52. The zero-order valence-electron chi connectivity index (χ0n) is 23.4. The van der Waals surface area contributed by atoms with E-state index in [2.05, 4.69) is 5.32 Å². The number of nitrogens with zero attached hydrogens (tertiary/aromatic N) is 1. The van der Waals surface area contributed by atoms with E-state index in [9.17, 15) is 14.4 Å². The number of carbonyl (C=O) groups excluding carboxylic acids is 3. The van der Waals surface area contributed by atoms with Gasteiger partial charge in [-0.25, -0.2) is 9.59 Å². The summed E-state index contributed by atoms with van der Waals surface area (Å²) in [5, 5.41) is 2.72. The Morgan fingerprint density at radius 3 is 2.13 bits per heavy atom. The molecule has 0 saturated carbocycles. The van der Waals surface area contributed by atoms with Gasteiger partial charge in [-0.3, -0.25) is 4.79 Å². The van der Waals surface area contributed by atoms with Crippen LogP contribution in [-0.4, -0.2) is 61.3 Å². The van der Waals surface area contributed by atoms with Crippen molar-refractivity contribution in [3.8, 4) is 11.1 Å². The SMILES string of the molecule is COC(=O)C1C[C@@](OC)(c2ccc(-c3ccccc3)cc2)CN1C(=O)[C@H](CC(C)C)NC(=O)OC(C)(C)C. The summed E-state index contributed by atoms with van der Waals surface area (Å²) in [6.45, 7) is 9.34. The molecule has 8 nitrogen and oxygen atoms in total. The van der Waals surface area contributed by atoms with E-state index in [0.29, 0.717) is 6.42 Å². The fraction of sp³-hybridized carbons (Fsp3) is 0.500. The van der Waals surface area contributed by atoms with Gasteiger partial charge in [0.05, 0.1) is 13.7 Å². The monoisotopic (exact) mass is 524 g/mol. The Balaban J connectivity index is 1.92. The Morgan fingerprint density at radius 2 is 1.61 bits per heavy atom. The van der Waals surface area contributed by atoms with Crippen molar-refractivity contribution in [1.29, 1.82) is 0 Å². The average Bonchev–Trinajstić information content (AvgIpc) is 3.28. The highest BCUT2D eigenvalue weighted by molar-refractivity contribution is 5.90. The van der Waals surface area contributed by atoms with Crippen LogP contribution in [-0.2, 0) is 29.4 Å². The molecule has 2 aromatic carbocycles. The third-order valence-corrected chi connectivity index (χ3v) is 6.69. The number of amides is 2. The summed E-state index contributed by atoms with van der Waals surface area (Å²) in [6.07, 6.45) is -0.0680. The van der Waals surface area contributed by atoms with Gasteiger partial charge < -0.3 is 24.4 Å². The summed E-state index contributed by atoms with van der Waals surface area (Å²) in [6, 6.07) is 16.2. The number of alkyl carbamates (subject to hydrolysis) is 1. The molecule has 38 heavy (non-hydrogen) atoms. The molecule has 2 aromatic rings. The Kier molecular flexibility index (Phi) is 9.20. The first-order valence-corrected chi connectivity index (χ1v) is 13.0. The summed E-state index contributed by atoms with van der Waals surface area (Å²) in [4.78, 5) is 40.8. The number of hydrogen-bond donors (Lipinski definition) is 1. The molecule has 1 N–H and O–H groups in total. The summed E-state index contributed by atoms with van der Waals surface area (Å²) in [7, 11) is 2.88. The van der Waals surface area contributed by atoms with Crippen LogP contribution in [0, 0.1) is 5.92 Å². The highest BCUT2D eigenvalue weighted by Crippen LogP contribution is 2.40. The molecule has 8 heteroatoms. The molecule has 1 aliphatic heterocycles. The van der Waals surface area contributed by atoms with Crippen molar-refractivity contribution in [2.24, 2.45) is 5.92 Å². The topological polar surface area (TPSA) is 94.2 Å². The van der Waals surface area contributed by atoms with Crippen molar-refractivity contribution < 1.29 is 28.6 Å². The lowest BCUT2D eigenvalue weighted by molar-refractivity contribution is -0.151. The van der Waals surface area contributed by atoms with Crippen LogP contribution in [0.3, 0.4) is 0 Å². The molecule has 0 bridgehead atoms. The molecular weight excluding hydrogens is 484 g/mol. The lowest BCUT2D eigenvalue weighted by Crippen LogP contribution is -2.53. The van der Waals surface area contributed by atoms with Gasteiger partial charge >= 0.3 is 12.1 Å². The zero-order chi connectivity index (χ0) is 28.1. The lowest BCUT2D eigenvalue weighted by Gasteiger charge is -2.31. The van der Waals surface area contributed by atoms with E-state index in [1.807, 2.05) is 68.4 Å². The van der Waals surface area contributed by atoms with E-state index in [1.54, 1.807) is 27.9 Å². The molecule has 1 unspecified atom stereocenters. The molecule has 1 fully saturated rings. The second kappa shape index (κ2) is 12.0. The Morgan fingerprint density at radius 1 is 1.00 bits per heavy atom. The van der Waals surface area contributed by atoms with E-state index in [-0.39, 0.29) is 24.8 Å². The van der Waals surface area contributed by atoms with Crippen LogP contribution >= 0.6 is 0 Å². The smallest absolute Gasteiger partial charge is 0.408 e. The number of methoxy groups -OCH3 is 2.